The summed E-state index contributed by atoms with van der Waals surface area (Å²) in [4.78, 5) is 24.4. The van der Waals surface area contributed by atoms with E-state index in [9.17, 15) is 20.2 Å². The molecule has 0 bridgehead atoms. The van der Waals surface area contributed by atoms with Crippen molar-refractivity contribution < 1.29 is 14.5 Å². The molecule has 1 rings (SSSR count). The third-order valence-corrected chi connectivity index (χ3v) is 3.17. The minimum atomic E-state index is -0.791. The third-order valence-electron chi connectivity index (χ3n) is 3.17. The first-order valence-corrected chi connectivity index (χ1v) is 7.60. The van der Waals surface area contributed by atoms with Crippen LogP contribution in [0.25, 0.3) is 0 Å². The predicted molar refractivity (Wildman–Crippen MR) is 91.2 cm³/mol. The average Bonchev–Trinajstić information content (AvgIpc) is 2.46. The summed E-state index contributed by atoms with van der Waals surface area (Å²) in [5.41, 5.74) is -0.379. The maximum atomic E-state index is 11.9. The number of carbonyl (C=O) groups excluding carboxylic acids is 1. The van der Waals surface area contributed by atoms with E-state index in [1.54, 1.807) is 20.8 Å². The Balaban J connectivity index is 3.35. The second-order valence-corrected chi connectivity index (χ2v) is 6.05. The zero-order valence-electron chi connectivity index (χ0n) is 14.5. The van der Waals surface area contributed by atoms with Crippen molar-refractivity contribution in [1.82, 2.24) is 0 Å². The summed E-state index contributed by atoms with van der Waals surface area (Å²) in [7, 11) is 0. The van der Waals surface area contributed by atoms with Crippen LogP contribution in [0.2, 0.25) is 0 Å². The Morgan fingerprint density at radius 1 is 1.38 bits per heavy atom. The zero-order chi connectivity index (χ0) is 18.5. The van der Waals surface area contributed by atoms with E-state index in [0.717, 1.165) is 0 Å². The van der Waals surface area contributed by atoms with Crippen LogP contribution in [-0.2, 0) is 4.74 Å². The van der Waals surface area contributed by atoms with E-state index in [1.165, 1.54) is 12.1 Å². The number of nitriles is 1. The first kappa shape index (κ1) is 19.2. The van der Waals surface area contributed by atoms with Crippen LogP contribution in [0.5, 0.6) is 0 Å². The predicted octanol–water partition coefficient (Wildman–Crippen LogP) is 3.66. The van der Waals surface area contributed by atoms with Crippen molar-refractivity contribution in [2.75, 3.05) is 23.3 Å². The lowest BCUT2D eigenvalue weighted by Crippen LogP contribution is -2.28. The van der Waals surface area contributed by atoms with Crippen LogP contribution in [0, 0.1) is 21.4 Å². The van der Waals surface area contributed by atoms with Crippen LogP contribution < -0.4 is 10.2 Å². The lowest BCUT2D eigenvalue weighted by Gasteiger charge is -2.23. The van der Waals surface area contributed by atoms with Crippen molar-refractivity contribution in [2.45, 2.75) is 40.2 Å². The molecular formula is C16H22N4O4. The van der Waals surface area contributed by atoms with Crippen LogP contribution in [0.1, 0.15) is 40.2 Å². The van der Waals surface area contributed by atoms with Crippen molar-refractivity contribution in [3.8, 4) is 6.07 Å². The molecular weight excluding hydrogens is 312 g/mol. The summed E-state index contributed by atoms with van der Waals surface area (Å²) in [5, 5.41) is 23.0. The molecule has 0 spiro atoms. The maximum Gasteiger partial charge on any atom is 0.412 e. The molecule has 0 unspecified atom stereocenters. The topological polar surface area (TPSA) is 108 Å². The fourth-order valence-corrected chi connectivity index (χ4v) is 2.16. The van der Waals surface area contributed by atoms with Gasteiger partial charge in [-0.25, -0.2) is 4.79 Å². The van der Waals surface area contributed by atoms with Gasteiger partial charge in [0.1, 0.15) is 17.4 Å². The molecule has 0 heterocycles. The highest BCUT2D eigenvalue weighted by Crippen LogP contribution is 2.33. The van der Waals surface area contributed by atoms with Gasteiger partial charge in [0.15, 0.2) is 0 Å². The number of nitro groups is 1. The number of hydrogen-bond donors (Lipinski definition) is 1. The second kappa shape index (κ2) is 7.64. The van der Waals surface area contributed by atoms with Gasteiger partial charge in [-0.3, -0.25) is 15.4 Å². The van der Waals surface area contributed by atoms with Crippen molar-refractivity contribution in [2.24, 2.45) is 0 Å². The molecule has 1 amide bonds. The molecule has 8 nitrogen and oxygen atoms in total. The third kappa shape index (κ3) is 4.84. The summed E-state index contributed by atoms with van der Waals surface area (Å²) in [6, 6.07) is 4.57. The van der Waals surface area contributed by atoms with Crippen LogP contribution in [0.4, 0.5) is 21.9 Å². The SMILES string of the molecule is CCN(CC)c1cc(NC(=O)OC(C)(C)C)c([N+](=O)[O-])cc1C#N. The number of ether oxygens (including phenoxy) is 1. The quantitative estimate of drug-likeness (QED) is 0.650. The van der Waals surface area contributed by atoms with E-state index >= 15 is 0 Å². The monoisotopic (exact) mass is 334 g/mol. The number of nitrogens with one attached hydrogen (secondary N) is 1. The highest BCUT2D eigenvalue weighted by Gasteiger charge is 2.24. The summed E-state index contributed by atoms with van der Waals surface area (Å²) in [5.74, 6) is 0. The second-order valence-electron chi connectivity index (χ2n) is 6.05. The number of nitrogens with zero attached hydrogens (tertiary/aromatic N) is 3. The number of nitro benzene ring substituents is 1. The molecule has 1 aromatic carbocycles. The van der Waals surface area contributed by atoms with Crippen LogP contribution >= 0.6 is 0 Å². The molecule has 0 radical (unpaired) electrons. The van der Waals surface area contributed by atoms with Gasteiger partial charge in [-0.1, -0.05) is 0 Å². The highest BCUT2D eigenvalue weighted by atomic mass is 16.6. The Morgan fingerprint density at radius 2 is 1.96 bits per heavy atom. The molecule has 24 heavy (non-hydrogen) atoms. The van der Waals surface area contributed by atoms with E-state index in [1.807, 2.05) is 24.8 Å². The Kier molecular flexibility index (Phi) is 6.12. The standard InChI is InChI=1S/C16H22N4O4/c1-6-19(7-2)13-9-12(18-15(21)24-16(3,4)5)14(20(22)23)8-11(13)10-17/h8-9H,6-7H2,1-5H3,(H,18,21). The summed E-state index contributed by atoms with van der Waals surface area (Å²) in [6.45, 7) is 10.1. The Labute approximate surface area is 141 Å². The van der Waals surface area contributed by atoms with Crippen LogP contribution in [0.3, 0.4) is 0 Å². The van der Waals surface area contributed by atoms with Gasteiger partial charge in [-0.2, -0.15) is 5.26 Å². The van der Waals surface area contributed by atoms with Gasteiger partial charge >= 0.3 is 6.09 Å². The van der Waals surface area contributed by atoms with E-state index < -0.39 is 16.6 Å². The smallest absolute Gasteiger partial charge is 0.412 e. The van der Waals surface area contributed by atoms with Gasteiger partial charge in [0, 0.05) is 19.2 Å². The molecule has 1 aromatic rings. The van der Waals surface area contributed by atoms with Crippen molar-refractivity contribution in [1.29, 1.82) is 5.26 Å². The molecule has 0 aliphatic carbocycles. The number of anilines is 2. The zero-order valence-corrected chi connectivity index (χ0v) is 14.5. The fourth-order valence-electron chi connectivity index (χ4n) is 2.16. The Morgan fingerprint density at radius 3 is 2.38 bits per heavy atom. The fraction of sp³-hybridized carbons (Fsp3) is 0.500. The lowest BCUT2D eigenvalue weighted by molar-refractivity contribution is -0.383. The largest absolute Gasteiger partial charge is 0.444 e. The normalized spacial score (nSPS) is 10.7. The van der Waals surface area contributed by atoms with Gasteiger partial charge < -0.3 is 9.64 Å². The molecule has 0 aromatic heterocycles. The lowest BCUT2D eigenvalue weighted by atomic mass is 10.1. The molecule has 0 aliphatic rings. The van der Waals surface area contributed by atoms with E-state index in [0.29, 0.717) is 18.8 Å². The minimum Gasteiger partial charge on any atom is -0.444 e. The van der Waals surface area contributed by atoms with Gasteiger partial charge in [-0.05, 0) is 40.7 Å². The van der Waals surface area contributed by atoms with Crippen LogP contribution in [0.15, 0.2) is 12.1 Å². The molecule has 130 valence electrons. The summed E-state index contributed by atoms with van der Waals surface area (Å²) in [6.07, 6.45) is -0.791. The van der Waals surface area contributed by atoms with Crippen LogP contribution in [-0.4, -0.2) is 29.7 Å². The number of amides is 1. The Bertz CT molecular complexity index is 670. The minimum absolute atomic E-state index is 0.00449. The highest BCUT2D eigenvalue weighted by molar-refractivity contribution is 5.90. The molecule has 0 atom stereocenters. The molecule has 8 heteroatoms. The van der Waals surface area contributed by atoms with Crippen molar-refractivity contribution in [3.05, 3.63) is 27.8 Å². The molecule has 1 N–H and O–H groups in total. The van der Waals surface area contributed by atoms with Crippen molar-refractivity contribution in [3.63, 3.8) is 0 Å². The van der Waals surface area contributed by atoms with E-state index in [2.05, 4.69) is 5.32 Å². The molecule has 0 saturated heterocycles. The van der Waals surface area contributed by atoms with Crippen molar-refractivity contribution >= 4 is 23.2 Å². The van der Waals surface area contributed by atoms with Gasteiger partial charge in [-0.15, -0.1) is 0 Å². The number of hydrogen-bond acceptors (Lipinski definition) is 6. The molecule has 0 aliphatic heterocycles. The number of carbonyl (C=O) groups is 1. The average molecular weight is 334 g/mol. The summed E-state index contributed by atoms with van der Waals surface area (Å²) < 4.78 is 5.13. The van der Waals surface area contributed by atoms with Gasteiger partial charge in [0.25, 0.3) is 5.69 Å². The summed E-state index contributed by atoms with van der Waals surface area (Å²) >= 11 is 0. The number of benzene rings is 1. The van der Waals surface area contributed by atoms with E-state index in [-0.39, 0.29) is 16.9 Å². The first-order valence-electron chi connectivity index (χ1n) is 7.60. The van der Waals surface area contributed by atoms with Gasteiger partial charge in [0.05, 0.1) is 16.2 Å². The first-order chi connectivity index (χ1) is 11.1. The molecule has 0 fully saturated rings. The van der Waals surface area contributed by atoms with Gasteiger partial charge in [0.2, 0.25) is 0 Å². The maximum absolute atomic E-state index is 11.9. The Hall–Kier alpha value is -2.82. The molecule has 0 saturated carbocycles. The van der Waals surface area contributed by atoms with E-state index in [4.69, 9.17) is 4.74 Å². The number of rotatable bonds is 5.